The maximum Gasteiger partial charge on any atom is 0.413 e. The lowest BCUT2D eigenvalue weighted by atomic mass is 9.78. The third kappa shape index (κ3) is 3.45. The summed E-state index contributed by atoms with van der Waals surface area (Å²) in [7, 11) is 0. The Labute approximate surface area is 119 Å². The van der Waals surface area contributed by atoms with Crippen molar-refractivity contribution >= 4 is 5.97 Å². The first kappa shape index (κ1) is 20.1. The van der Waals surface area contributed by atoms with Crippen LogP contribution in [0.25, 0.3) is 0 Å². The van der Waals surface area contributed by atoms with Crippen LogP contribution in [0.4, 0.5) is 26.3 Å². The summed E-state index contributed by atoms with van der Waals surface area (Å²) in [6.07, 6.45) is -13.0. The maximum absolute atomic E-state index is 13.0. The van der Waals surface area contributed by atoms with Crippen LogP contribution < -0.4 is 0 Å². The summed E-state index contributed by atoms with van der Waals surface area (Å²) >= 11 is 0. The van der Waals surface area contributed by atoms with Crippen LogP contribution >= 0.6 is 0 Å². The molecule has 0 aliphatic rings. The summed E-state index contributed by atoms with van der Waals surface area (Å²) in [6.45, 7) is 7.86. The number of alkyl halides is 6. The smallest absolute Gasteiger partial charge is 0.413 e. The van der Waals surface area contributed by atoms with Crippen molar-refractivity contribution in [2.24, 2.45) is 10.8 Å². The number of carbonyl (C=O) groups excluding carboxylic acids is 1. The number of rotatable bonds is 3. The Balaban J connectivity index is 5.87. The van der Waals surface area contributed by atoms with Crippen LogP contribution in [0.3, 0.4) is 0 Å². The van der Waals surface area contributed by atoms with E-state index in [1.807, 2.05) is 0 Å². The molecule has 0 spiro atoms. The van der Waals surface area contributed by atoms with Gasteiger partial charge >= 0.3 is 18.3 Å². The van der Waals surface area contributed by atoms with E-state index >= 15 is 0 Å². The highest BCUT2D eigenvalue weighted by Gasteiger charge is 2.76. The second-order valence-electron chi connectivity index (χ2n) is 6.40. The molecule has 8 heteroatoms. The van der Waals surface area contributed by atoms with E-state index in [2.05, 4.69) is 4.74 Å². The van der Waals surface area contributed by atoms with E-state index in [0.29, 0.717) is 6.92 Å². The van der Waals surface area contributed by atoms with Gasteiger partial charge in [0.25, 0.3) is 5.41 Å². The Kier molecular flexibility index (Phi) is 5.11. The number of carbonyl (C=O) groups is 1. The zero-order chi connectivity index (χ0) is 17.5. The molecule has 0 atom stereocenters. The second kappa shape index (κ2) is 5.35. The van der Waals surface area contributed by atoms with E-state index < -0.39 is 41.2 Å². The fourth-order valence-electron chi connectivity index (χ4n) is 1.41. The summed E-state index contributed by atoms with van der Waals surface area (Å²) in [5.74, 6) is -2.31. The molecule has 0 bridgehead atoms. The van der Waals surface area contributed by atoms with Crippen LogP contribution in [0.1, 0.15) is 48.0 Å². The van der Waals surface area contributed by atoms with Crippen LogP contribution in [0.15, 0.2) is 0 Å². The Morgan fingerprint density at radius 3 is 1.38 bits per heavy atom. The minimum absolute atomic E-state index is 0.659. The lowest BCUT2D eigenvalue weighted by molar-refractivity contribution is -0.337. The molecule has 21 heavy (non-hydrogen) atoms. The van der Waals surface area contributed by atoms with Gasteiger partial charge in [0, 0.05) is 5.41 Å². The van der Waals surface area contributed by atoms with E-state index in [1.54, 1.807) is 20.8 Å². The average Bonchev–Trinajstić information content (AvgIpc) is 2.10. The Hall–Kier alpha value is -0.950. The van der Waals surface area contributed by atoms with Gasteiger partial charge in [-0.05, 0) is 20.3 Å². The van der Waals surface area contributed by atoms with E-state index in [4.69, 9.17) is 0 Å². The molecule has 0 radical (unpaired) electrons. The van der Waals surface area contributed by atoms with Gasteiger partial charge < -0.3 is 4.74 Å². The highest BCUT2D eigenvalue weighted by Crippen LogP contribution is 2.54. The van der Waals surface area contributed by atoms with Gasteiger partial charge in [-0.2, -0.15) is 26.3 Å². The molecule has 0 saturated carbocycles. The maximum atomic E-state index is 13.0. The Morgan fingerprint density at radius 1 is 0.857 bits per heavy atom. The molecule has 126 valence electrons. The molecule has 2 nitrogen and oxygen atoms in total. The van der Waals surface area contributed by atoms with Crippen LogP contribution in [-0.2, 0) is 9.53 Å². The monoisotopic (exact) mass is 322 g/mol. The fourth-order valence-corrected chi connectivity index (χ4v) is 1.41. The van der Waals surface area contributed by atoms with E-state index in [-0.39, 0.29) is 0 Å². The summed E-state index contributed by atoms with van der Waals surface area (Å²) < 4.78 is 82.5. The number of hydrogen-bond acceptors (Lipinski definition) is 2. The minimum atomic E-state index is -5.79. The standard InChI is InChI=1S/C13H20F6O2/c1-7-11(12(14,15)16,13(17,18)19)8(20)21-10(5,6)9(2,3)4/h7H2,1-6H3. The first-order valence-electron chi connectivity index (χ1n) is 6.31. The van der Waals surface area contributed by atoms with Crippen molar-refractivity contribution in [3.05, 3.63) is 0 Å². The molecular weight excluding hydrogens is 302 g/mol. The number of hydrogen-bond donors (Lipinski definition) is 0. The van der Waals surface area contributed by atoms with Gasteiger partial charge in [-0.15, -0.1) is 0 Å². The van der Waals surface area contributed by atoms with E-state index in [9.17, 15) is 31.1 Å². The molecule has 0 rings (SSSR count). The van der Waals surface area contributed by atoms with Gasteiger partial charge in [-0.3, -0.25) is 4.79 Å². The summed E-state index contributed by atoms with van der Waals surface area (Å²) in [5.41, 5.74) is -6.84. The Bertz CT molecular complexity index is 373. The molecule has 0 aliphatic heterocycles. The normalized spacial score (nSPS) is 15.0. The van der Waals surface area contributed by atoms with E-state index in [1.165, 1.54) is 13.8 Å². The van der Waals surface area contributed by atoms with Crippen molar-refractivity contribution < 1.29 is 35.9 Å². The van der Waals surface area contributed by atoms with Crippen molar-refractivity contribution in [2.45, 2.75) is 65.9 Å². The topological polar surface area (TPSA) is 26.3 Å². The van der Waals surface area contributed by atoms with Gasteiger partial charge in [0.1, 0.15) is 5.60 Å². The van der Waals surface area contributed by atoms with Crippen LogP contribution in [0.5, 0.6) is 0 Å². The van der Waals surface area contributed by atoms with E-state index in [0.717, 1.165) is 0 Å². The number of halogens is 6. The van der Waals surface area contributed by atoms with Crippen LogP contribution in [0, 0.1) is 10.8 Å². The zero-order valence-corrected chi connectivity index (χ0v) is 12.8. The van der Waals surface area contributed by atoms with Crippen LogP contribution in [0.2, 0.25) is 0 Å². The van der Waals surface area contributed by atoms with Gasteiger partial charge in [0.2, 0.25) is 0 Å². The molecule has 0 aromatic rings. The average molecular weight is 322 g/mol. The predicted octanol–water partition coefficient (Wildman–Crippen LogP) is 4.88. The number of esters is 1. The van der Waals surface area contributed by atoms with Crippen molar-refractivity contribution in [3.8, 4) is 0 Å². The van der Waals surface area contributed by atoms with Crippen LogP contribution in [-0.4, -0.2) is 23.9 Å². The molecule has 0 aromatic heterocycles. The molecule has 0 aliphatic carbocycles. The van der Waals surface area contributed by atoms with Gasteiger partial charge in [-0.1, -0.05) is 27.7 Å². The lowest BCUT2D eigenvalue weighted by Crippen LogP contribution is -2.58. The number of ether oxygens (including phenoxy) is 1. The summed E-state index contributed by atoms with van der Waals surface area (Å²) in [5, 5.41) is 0. The van der Waals surface area contributed by atoms with Crippen molar-refractivity contribution in [1.29, 1.82) is 0 Å². The van der Waals surface area contributed by atoms with Gasteiger partial charge in [0.15, 0.2) is 0 Å². The molecular formula is C13H20F6O2. The second-order valence-corrected chi connectivity index (χ2v) is 6.40. The highest BCUT2D eigenvalue weighted by atomic mass is 19.4. The predicted molar refractivity (Wildman–Crippen MR) is 64.5 cm³/mol. The lowest BCUT2D eigenvalue weighted by Gasteiger charge is -2.42. The fraction of sp³-hybridized carbons (Fsp3) is 0.923. The molecule has 0 aromatic carbocycles. The largest absolute Gasteiger partial charge is 0.458 e. The molecule has 0 saturated heterocycles. The quantitative estimate of drug-likeness (QED) is 0.547. The molecule has 0 heterocycles. The Morgan fingerprint density at radius 2 is 1.19 bits per heavy atom. The van der Waals surface area contributed by atoms with Gasteiger partial charge in [-0.25, -0.2) is 0 Å². The first-order valence-corrected chi connectivity index (χ1v) is 6.31. The molecule has 0 fully saturated rings. The molecule has 0 unspecified atom stereocenters. The van der Waals surface area contributed by atoms with Crippen molar-refractivity contribution in [3.63, 3.8) is 0 Å². The van der Waals surface area contributed by atoms with Crippen molar-refractivity contribution in [2.75, 3.05) is 0 Å². The highest BCUT2D eigenvalue weighted by molar-refractivity contribution is 5.79. The summed E-state index contributed by atoms with van der Waals surface area (Å²) in [4.78, 5) is 11.8. The van der Waals surface area contributed by atoms with Gasteiger partial charge in [0.05, 0.1) is 0 Å². The summed E-state index contributed by atoms with van der Waals surface area (Å²) in [6, 6.07) is 0. The minimum Gasteiger partial charge on any atom is -0.458 e. The third-order valence-electron chi connectivity index (χ3n) is 4.00. The molecule has 0 N–H and O–H groups in total. The van der Waals surface area contributed by atoms with Crippen molar-refractivity contribution in [1.82, 2.24) is 0 Å². The third-order valence-corrected chi connectivity index (χ3v) is 4.00. The first-order chi connectivity index (χ1) is 8.94. The molecule has 0 amide bonds. The zero-order valence-electron chi connectivity index (χ0n) is 12.8. The SMILES string of the molecule is CCC(C(=O)OC(C)(C)C(C)(C)C)(C(F)(F)F)C(F)(F)F.